The molecule has 1 aromatic carbocycles. The molecule has 0 spiro atoms. The fraction of sp³-hybridized carbons (Fsp3) is 0.222. The second kappa shape index (κ2) is 8.98. The van der Waals surface area contributed by atoms with Gasteiger partial charge in [0.25, 0.3) is 0 Å². The number of nitrogens with one attached hydrogen (secondary N) is 1. The predicted molar refractivity (Wildman–Crippen MR) is 98.0 cm³/mol. The van der Waals surface area contributed by atoms with Crippen molar-refractivity contribution >= 4 is 17.7 Å². The first kappa shape index (κ1) is 17.2. The third kappa shape index (κ3) is 5.42. The van der Waals surface area contributed by atoms with Crippen LogP contribution in [-0.4, -0.2) is 38.0 Å². The van der Waals surface area contributed by atoms with Crippen LogP contribution in [0.2, 0.25) is 0 Å². The minimum Gasteiger partial charge on any atom is -0.354 e. The van der Waals surface area contributed by atoms with Crippen molar-refractivity contribution in [3.63, 3.8) is 0 Å². The van der Waals surface area contributed by atoms with Gasteiger partial charge in [0.2, 0.25) is 5.91 Å². The predicted octanol–water partition coefficient (Wildman–Crippen LogP) is 2.64. The molecule has 0 radical (unpaired) electrons. The first-order chi connectivity index (χ1) is 12.3. The maximum atomic E-state index is 11.9. The van der Waals surface area contributed by atoms with Gasteiger partial charge < -0.3 is 5.32 Å². The highest BCUT2D eigenvalue weighted by atomic mass is 32.2. The average molecular weight is 353 g/mol. The van der Waals surface area contributed by atoms with E-state index in [0.29, 0.717) is 19.5 Å². The monoisotopic (exact) mass is 353 g/mol. The maximum absolute atomic E-state index is 11.9. The quantitative estimate of drug-likeness (QED) is 0.630. The third-order valence-electron chi connectivity index (χ3n) is 3.47. The van der Waals surface area contributed by atoms with Gasteiger partial charge in [0.05, 0.1) is 12.7 Å². The van der Waals surface area contributed by atoms with Gasteiger partial charge in [-0.05, 0) is 18.2 Å². The van der Waals surface area contributed by atoms with Gasteiger partial charge in [0.15, 0.2) is 0 Å². The Morgan fingerprint density at radius 3 is 2.80 bits per heavy atom. The molecule has 7 heteroatoms. The summed E-state index contributed by atoms with van der Waals surface area (Å²) < 4.78 is 1.79. The second-order valence-corrected chi connectivity index (χ2v) is 6.48. The fourth-order valence-electron chi connectivity index (χ4n) is 2.23. The number of amides is 1. The molecule has 0 atom stereocenters. The van der Waals surface area contributed by atoms with Crippen molar-refractivity contribution in [1.82, 2.24) is 25.1 Å². The molecule has 3 rings (SSSR count). The maximum Gasteiger partial charge on any atom is 0.220 e. The highest BCUT2D eigenvalue weighted by molar-refractivity contribution is 7.99. The van der Waals surface area contributed by atoms with E-state index in [1.165, 1.54) is 4.90 Å². The Bertz CT molecular complexity index is 791. The second-order valence-electron chi connectivity index (χ2n) is 5.32. The number of carbonyl (C=O) groups excluding carboxylic acids is 1. The molecule has 128 valence electrons. The summed E-state index contributed by atoms with van der Waals surface area (Å²) in [5.41, 5.74) is 1.52. The first-order valence-electron chi connectivity index (χ1n) is 8.05. The Morgan fingerprint density at radius 1 is 1.12 bits per heavy atom. The first-order valence-corrected chi connectivity index (χ1v) is 9.04. The van der Waals surface area contributed by atoms with Gasteiger partial charge >= 0.3 is 0 Å². The van der Waals surface area contributed by atoms with Crippen molar-refractivity contribution in [3.05, 3.63) is 61.2 Å². The fourth-order valence-corrected chi connectivity index (χ4v) is 3.10. The molecule has 0 aliphatic heterocycles. The highest BCUT2D eigenvalue weighted by Crippen LogP contribution is 2.17. The van der Waals surface area contributed by atoms with Gasteiger partial charge in [0.1, 0.15) is 11.4 Å². The molecule has 2 aromatic heterocycles. The summed E-state index contributed by atoms with van der Waals surface area (Å²) in [5, 5.41) is 7.36. The van der Waals surface area contributed by atoms with Gasteiger partial charge in [0, 0.05) is 42.2 Å². The summed E-state index contributed by atoms with van der Waals surface area (Å²) in [6.45, 7) is 1.17. The molecule has 0 aliphatic rings. The zero-order valence-electron chi connectivity index (χ0n) is 13.7. The number of aromatic nitrogens is 4. The Morgan fingerprint density at radius 2 is 2.00 bits per heavy atom. The van der Waals surface area contributed by atoms with Gasteiger partial charge in [-0.1, -0.05) is 18.2 Å². The highest BCUT2D eigenvalue weighted by Gasteiger charge is 2.05. The zero-order valence-corrected chi connectivity index (χ0v) is 14.5. The van der Waals surface area contributed by atoms with Crippen LogP contribution in [0.3, 0.4) is 0 Å². The lowest BCUT2D eigenvalue weighted by Gasteiger charge is -2.05. The van der Waals surface area contributed by atoms with Crippen LogP contribution in [-0.2, 0) is 11.3 Å². The summed E-state index contributed by atoms with van der Waals surface area (Å²) in [4.78, 5) is 21.3. The van der Waals surface area contributed by atoms with Crippen molar-refractivity contribution in [1.29, 1.82) is 0 Å². The van der Waals surface area contributed by atoms with Crippen molar-refractivity contribution in [2.24, 2.45) is 0 Å². The van der Waals surface area contributed by atoms with E-state index in [2.05, 4.69) is 32.5 Å². The molecular weight excluding hydrogens is 334 g/mol. The van der Waals surface area contributed by atoms with Crippen LogP contribution in [0.4, 0.5) is 0 Å². The molecule has 0 saturated carbocycles. The van der Waals surface area contributed by atoms with E-state index >= 15 is 0 Å². The molecule has 0 aliphatic carbocycles. The number of thioether (sulfide) groups is 1. The molecule has 2 heterocycles. The Labute approximate surface area is 150 Å². The smallest absolute Gasteiger partial charge is 0.220 e. The lowest BCUT2D eigenvalue weighted by Crippen LogP contribution is -2.27. The lowest BCUT2D eigenvalue weighted by molar-refractivity contribution is -0.120. The number of rotatable bonds is 8. The molecule has 3 aromatic rings. The van der Waals surface area contributed by atoms with Crippen molar-refractivity contribution in [2.45, 2.75) is 17.9 Å². The summed E-state index contributed by atoms with van der Waals surface area (Å²) in [6.07, 6.45) is 7.33. The molecule has 0 saturated heterocycles. The zero-order chi connectivity index (χ0) is 17.3. The van der Waals surface area contributed by atoms with E-state index in [1.807, 2.05) is 30.5 Å². The molecule has 0 bridgehead atoms. The van der Waals surface area contributed by atoms with E-state index in [1.54, 1.807) is 35.0 Å². The van der Waals surface area contributed by atoms with Crippen molar-refractivity contribution in [3.8, 4) is 11.4 Å². The van der Waals surface area contributed by atoms with Crippen LogP contribution in [0.15, 0.2) is 66.1 Å². The summed E-state index contributed by atoms with van der Waals surface area (Å²) in [7, 11) is 0. The Balaban J connectivity index is 1.36. The van der Waals surface area contributed by atoms with Gasteiger partial charge in [-0.15, -0.1) is 11.8 Å². The van der Waals surface area contributed by atoms with Crippen LogP contribution in [0.25, 0.3) is 11.4 Å². The van der Waals surface area contributed by atoms with E-state index in [9.17, 15) is 4.79 Å². The van der Waals surface area contributed by atoms with Gasteiger partial charge in [-0.2, -0.15) is 5.10 Å². The molecule has 25 heavy (non-hydrogen) atoms. The summed E-state index contributed by atoms with van der Waals surface area (Å²) in [6, 6.07) is 12.0. The molecule has 1 N–H and O–H groups in total. The lowest BCUT2D eigenvalue weighted by atomic mass is 10.3. The molecule has 6 nitrogen and oxygen atoms in total. The summed E-state index contributed by atoms with van der Waals surface area (Å²) in [5.74, 6) is 0.832. The normalized spacial score (nSPS) is 10.6. The number of nitrogens with zero attached hydrogens (tertiary/aromatic N) is 4. The van der Waals surface area contributed by atoms with E-state index < -0.39 is 0 Å². The summed E-state index contributed by atoms with van der Waals surface area (Å²) >= 11 is 1.69. The van der Waals surface area contributed by atoms with Gasteiger partial charge in [-0.3, -0.25) is 19.4 Å². The van der Waals surface area contributed by atoms with E-state index in [-0.39, 0.29) is 5.91 Å². The van der Waals surface area contributed by atoms with Crippen LogP contribution in [0, 0.1) is 0 Å². The van der Waals surface area contributed by atoms with E-state index in [4.69, 9.17) is 0 Å². The Kier molecular flexibility index (Phi) is 6.17. The topological polar surface area (TPSA) is 72.7 Å². The van der Waals surface area contributed by atoms with E-state index in [0.717, 1.165) is 17.1 Å². The largest absolute Gasteiger partial charge is 0.354 e. The Hall–Kier alpha value is -2.67. The molecule has 1 amide bonds. The molecule has 0 fully saturated rings. The van der Waals surface area contributed by atoms with Crippen LogP contribution < -0.4 is 5.32 Å². The van der Waals surface area contributed by atoms with Crippen LogP contribution >= 0.6 is 11.8 Å². The minimum atomic E-state index is 0.0599. The van der Waals surface area contributed by atoms with Crippen LogP contribution in [0.1, 0.15) is 6.42 Å². The number of benzene rings is 1. The van der Waals surface area contributed by atoms with Crippen LogP contribution in [0.5, 0.6) is 0 Å². The van der Waals surface area contributed by atoms with Crippen molar-refractivity contribution in [2.75, 3.05) is 12.3 Å². The number of hydrogen-bond donors (Lipinski definition) is 1. The SMILES string of the molecule is O=C(CCSc1ccccc1)NCCn1ccc(-c2cnccn2)n1. The minimum absolute atomic E-state index is 0.0599. The van der Waals surface area contributed by atoms with Gasteiger partial charge in [-0.25, -0.2) is 0 Å². The van der Waals surface area contributed by atoms with Crippen molar-refractivity contribution < 1.29 is 4.79 Å². The molecular formula is C18H19N5OS. The third-order valence-corrected chi connectivity index (χ3v) is 4.48. The molecule has 0 unspecified atom stereocenters. The number of hydrogen-bond acceptors (Lipinski definition) is 5. The average Bonchev–Trinajstić information content (AvgIpc) is 3.12. The number of carbonyl (C=O) groups is 1. The standard InChI is InChI=1S/C18H19N5OS/c24-18(7-13-25-15-4-2-1-3-5-15)21-10-12-23-11-6-16(22-23)17-14-19-8-9-20-17/h1-6,8-9,11,14H,7,10,12-13H2,(H,21,24).